The van der Waals surface area contributed by atoms with Gasteiger partial charge in [0.1, 0.15) is 0 Å². The Kier molecular flexibility index (Phi) is 3.78. The number of carbonyl (C=O) groups excluding carboxylic acids is 1. The smallest absolute Gasteiger partial charge is 0.222 e. The molecule has 1 unspecified atom stereocenters. The lowest BCUT2D eigenvalue weighted by Gasteiger charge is -2.40. The van der Waals surface area contributed by atoms with E-state index in [1.165, 1.54) is 5.56 Å². The van der Waals surface area contributed by atoms with Crippen molar-refractivity contribution in [1.29, 1.82) is 0 Å². The Labute approximate surface area is 125 Å². The largest absolute Gasteiger partial charge is 0.341 e. The van der Waals surface area contributed by atoms with Crippen LogP contribution in [0.2, 0.25) is 0 Å². The van der Waals surface area contributed by atoms with Gasteiger partial charge in [-0.25, -0.2) is 0 Å². The topological polar surface area (TPSA) is 49.0 Å². The van der Waals surface area contributed by atoms with Crippen molar-refractivity contribution in [2.75, 3.05) is 13.1 Å². The van der Waals surface area contributed by atoms with E-state index in [0.29, 0.717) is 6.42 Å². The fraction of sp³-hybridized carbons (Fsp3) is 0.412. The Morgan fingerprint density at radius 3 is 2.86 bits per heavy atom. The molecule has 2 heterocycles. The van der Waals surface area contributed by atoms with E-state index in [9.17, 15) is 4.79 Å². The number of nitrogens with zero attached hydrogens (tertiary/aromatic N) is 2. The molecule has 0 saturated carbocycles. The summed E-state index contributed by atoms with van der Waals surface area (Å²) in [6, 6.07) is 10.5. The number of hydrogen-bond acceptors (Lipinski definition) is 2. The standard InChI is InChI=1S/C17H21N3O/c1-17(15-5-3-2-4-6-15)9-7-16(21)20(13-17)10-8-14-11-18-19-12-14/h2-6,11-12H,7-10,13H2,1H3,(H,18,19). The average Bonchev–Trinajstić information content (AvgIpc) is 3.03. The summed E-state index contributed by atoms with van der Waals surface area (Å²) in [6.45, 7) is 3.83. The van der Waals surface area contributed by atoms with E-state index in [2.05, 4.69) is 41.4 Å². The number of aromatic nitrogens is 2. The van der Waals surface area contributed by atoms with E-state index in [0.717, 1.165) is 31.5 Å². The minimum absolute atomic E-state index is 0.0611. The second kappa shape index (κ2) is 5.72. The molecule has 0 bridgehead atoms. The maximum Gasteiger partial charge on any atom is 0.222 e. The lowest BCUT2D eigenvalue weighted by atomic mass is 9.75. The lowest BCUT2D eigenvalue weighted by molar-refractivity contribution is -0.135. The van der Waals surface area contributed by atoms with Gasteiger partial charge in [0, 0.05) is 31.1 Å². The Morgan fingerprint density at radius 2 is 2.14 bits per heavy atom. The maximum absolute atomic E-state index is 12.2. The van der Waals surface area contributed by atoms with Gasteiger partial charge >= 0.3 is 0 Å². The highest BCUT2D eigenvalue weighted by Gasteiger charge is 2.35. The first-order chi connectivity index (χ1) is 10.2. The normalized spacial score (nSPS) is 22.5. The molecule has 1 saturated heterocycles. The van der Waals surface area contributed by atoms with Crippen molar-refractivity contribution in [3.63, 3.8) is 0 Å². The van der Waals surface area contributed by atoms with Gasteiger partial charge in [0.15, 0.2) is 0 Å². The van der Waals surface area contributed by atoms with Gasteiger partial charge in [-0.1, -0.05) is 37.3 Å². The Bertz CT molecular complexity index is 594. The van der Waals surface area contributed by atoms with Crippen molar-refractivity contribution in [2.45, 2.75) is 31.6 Å². The first-order valence-corrected chi connectivity index (χ1v) is 7.48. The highest BCUT2D eigenvalue weighted by Crippen LogP contribution is 2.34. The lowest BCUT2D eigenvalue weighted by Crippen LogP contribution is -2.48. The van der Waals surface area contributed by atoms with Gasteiger partial charge in [-0.2, -0.15) is 5.10 Å². The van der Waals surface area contributed by atoms with Crippen molar-refractivity contribution in [1.82, 2.24) is 15.1 Å². The monoisotopic (exact) mass is 283 g/mol. The molecule has 0 radical (unpaired) electrons. The predicted octanol–water partition coefficient (Wildman–Crippen LogP) is 2.53. The summed E-state index contributed by atoms with van der Waals surface area (Å²) in [5, 5.41) is 6.77. The molecule has 4 nitrogen and oxygen atoms in total. The van der Waals surface area contributed by atoms with Gasteiger partial charge in [0.05, 0.1) is 6.20 Å². The van der Waals surface area contributed by atoms with Crippen LogP contribution in [0.15, 0.2) is 42.7 Å². The molecule has 3 rings (SSSR count). The highest BCUT2D eigenvalue weighted by atomic mass is 16.2. The minimum atomic E-state index is 0.0611. The molecule has 0 aliphatic carbocycles. The maximum atomic E-state index is 12.2. The van der Waals surface area contributed by atoms with Gasteiger partial charge in [-0.05, 0) is 24.0 Å². The zero-order valence-corrected chi connectivity index (χ0v) is 12.4. The van der Waals surface area contributed by atoms with Crippen LogP contribution < -0.4 is 0 Å². The minimum Gasteiger partial charge on any atom is -0.341 e. The number of H-pyrrole nitrogens is 1. The first-order valence-electron chi connectivity index (χ1n) is 7.48. The number of benzene rings is 1. The van der Waals surface area contributed by atoms with Crippen LogP contribution in [0.5, 0.6) is 0 Å². The van der Waals surface area contributed by atoms with Crippen LogP contribution in [0.1, 0.15) is 30.9 Å². The molecule has 1 aliphatic heterocycles. The summed E-state index contributed by atoms with van der Waals surface area (Å²) in [5.74, 6) is 0.270. The third-order valence-corrected chi connectivity index (χ3v) is 4.48. The number of amides is 1. The van der Waals surface area contributed by atoms with Crippen LogP contribution >= 0.6 is 0 Å². The first kappa shape index (κ1) is 13.9. The number of aromatic amines is 1. The van der Waals surface area contributed by atoms with E-state index in [4.69, 9.17) is 0 Å². The molecule has 1 aromatic carbocycles. The van der Waals surface area contributed by atoms with Gasteiger partial charge in [-0.3, -0.25) is 9.89 Å². The van der Waals surface area contributed by atoms with Crippen LogP contribution in [0.25, 0.3) is 0 Å². The van der Waals surface area contributed by atoms with Crippen molar-refractivity contribution in [2.24, 2.45) is 0 Å². The third-order valence-electron chi connectivity index (χ3n) is 4.48. The molecule has 1 aliphatic rings. The fourth-order valence-corrected chi connectivity index (χ4v) is 3.09. The Balaban J connectivity index is 1.71. The fourth-order valence-electron chi connectivity index (χ4n) is 3.09. The van der Waals surface area contributed by atoms with Crippen LogP contribution in [0.3, 0.4) is 0 Å². The van der Waals surface area contributed by atoms with Crippen LogP contribution in [0.4, 0.5) is 0 Å². The van der Waals surface area contributed by atoms with Crippen molar-refractivity contribution >= 4 is 5.91 Å². The van der Waals surface area contributed by atoms with Crippen LogP contribution in [-0.2, 0) is 16.6 Å². The van der Waals surface area contributed by atoms with Gasteiger partial charge < -0.3 is 4.90 Å². The molecule has 1 aromatic heterocycles. The SMILES string of the molecule is CC1(c2ccccc2)CCC(=O)N(CCc2cn[nH]c2)C1. The molecule has 4 heteroatoms. The van der Waals surface area contributed by atoms with Crippen LogP contribution in [0, 0.1) is 0 Å². The number of carbonyl (C=O) groups is 1. The summed E-state index contributed by atoms with van der Waals surface area (Å²) in [5.41, 5.74) is 2.53. The van der Waals surface area contributed by atoms with Crippen LogP contribution in [-0.4, -0.2) is 34.1 Å². The summed E-state index contributed by atoms with van der Waals surface area (Å²) in [6.07, 6.45) is 6.14. The van der Waals surface area contributed by atoms with Crippen molar-refractivity contribution in [3.05, 3.63) is 53.9 Å². The molecule has 1 N–H and O–H groups in total. The average molecular weight is 283 g/mol. The molecule has 110 valence electrons. The van der Waals surface area contributed by atoms with E-state index in [1.54, 1.807) is 0 Å². The zero-order valence-electron chi connectivity index (χ0n) is 12.4. The molecular weight excluding hydrogens is 262 g/mol. The van der Waals surface area contributed by atoms with E-state index < -0.39 is 0 Å². The molecule has 1 amide bonds. The molecule has 1 fully saturated rings. The highest BCUT2D eigenvalue weighted by molar-refractivity contribution is 5.77. The zero-order chi connectivity index (χ0) is 14.7. The molecular formula is C17H21N3O. The molecule has 2 aromatic rings. The number of hydrogen-bond donors (Lipinski definition) is 1. The Hall–Kier alpha value is -2.10. The number of piperidine rings is 1. The molecule has 0 spiro atoms. The molecule has 21 heavy (non-hydrogen) atoms. The summed E-state index contributed by atoms with van der Waals surface area (Å²) < 4.78 is 0. The summed E-state index contributed by atoms with van der Waals surface area (Å²) in [7, 11) is 0. The van der Waals surface area contributed by atoms with Gasteiger partial charge in [-0.15, -0.1) is 0 Å². The van der Waals surface area contributed by atoms with Gasteiger partial charge in [0.2, 0.25) is 5.91 Å². The summed E-state index contributed by atoms with van der Waals surface area (Å²) in [4.78, 5) is 14.2. The number of rotatable bonds is 4. The van der Waals surface area contributed by atoms with Crippen molar-refractivity contribution in [3.8, 4) is 0 Å². The third kappa shape index (κ3) is 2.99. The summed E-state index contributed by atoms with van der Waals surface area (Å²) >= 11 is 0. The predicted molar refractivity (Wildman–Crippen MR) is 81.9 cm³/mol. The molecule has 1 atom stereocenters. The quantitative estimate of drug-likeness (QED) is 0.937. The second-order valence-electron chi connectivity index (χ2n) is 6.10. The van der Waals surface area contributed by atoms with Crippen molar-refractivity contribution < 1.29 is 4.79 Å². The van der Waals surface area contributed by atoms with Gasteiger partial charge in [0.25, 0.3) is 0 Å². The number of nitrogens with one attached hydrogen (secondary N) is 1. The second-order valence-corrected chi connectivity index (χ2v) is 6.10. The number of likely N-dealkylation sites (tertiary alicyclic amines) is 1. The van der Waals surface area contributed by atoms with E-state index >= 15 is 0 Å². The van der Waals surface area contributed by atoms with E-state index in [1.807, 2.05) is 23.4 Å². The Morgan fingerprint density at radius 1 is 1.33 bits per heavy atom. The van der Waals surface area contributed by atoms with E-state index in [-0.39, 0.29) is 11.3 Å².